The molecule has 0 unspecified atom stereocenters. The minimum Gasteiger partial charge on any atom is -0.495 e. The SMILES string of the molecule is COc1cc(C2CCNCC2)c(C)cc1Nc1ncc(Cl)c(Nc2ccccc2CS(C)(=O)=O)n1. The van der Waals surface area contributed by atoms with E-state index in [2.05, 4.69) is 45.0 Å². The lowest BCUT2D eigenvalue weighted by Gasteiger charge is -2.25. The number of para-hydroxylation sites is 1. The van der Waals surface area contributed by atoms with Crippen molar-refractivity contribution in [2.45, 2.75) is 31.4 Å². The van der Waals surface area contributed by atoms with Crippen LogP contribution < -0.4 is 20.7 Å². The number of aromatic nitrogens is 2. The normalized spacial score (nSPS) is 14.5. The van der Waals surface area contributed by atoms with E-state index in [4.69, 9.17) is 16.3 Å². The van der Waals surface area contributed by atoms with Gasteiger partial charge in [-0.1, -0.05) is 29.8 Å². The molecule has 1 fully saturated rings. The van der Waals surface area contributed by atoms with E-state index in [1.165, 1.54) is 23.6 Å². The quantitative estimate of drug-likeness (QED) is 0.387. The summed E-state index contributed by atoms with van der Waals surface area (Å²) in [4.78, 5) is 8.86. The molecular formula is C25H30ClN5O3S. The van der Waals surface area contributed by atoms with Crippen LogP contribution in [0.1, 0.15) is 35.4 Å². The maximum absolute atomic E-state index is 11.8. The zero-order valence-electron chi connectivity index (χ0n) is 20.1. The zero-order valence-corrected chi connectivity index (χ0v) is 21.6. The fraction of sp³-hybridized carbons (Fsp3) is 0.360. The van der Waals surface area contributed by atoms with Gasteiger partial charge in [-0.3, -0.25) is 0 Å². The summed E-state index contributed by atoms with van der Waals surface area (Å²) in [5.74, 6) is 1.84. The number of aryl methyl sites for hydroxylation is 1. The summed E-state index contributed by atoms with van der Waals surface area (Å²) in [6.07, 6.45) is 4.91. The molecule has 0 spiro atoms. The van der Waals surface area contributed by atoms with Crippen molar-refractivity contribution in [3.63, 3.8) is 0 Å². The molecule has 1 aromatic heterocycles. The summed E-state index contributed by atoms with van der Waals surface area (Å²) in [6, 6.07) is 11.3. The summed E-state index contributed by atoms with van der Waals surface area (Å²) >= 11 is 6.36. The van der Waals surface area contributed by atoms with Crippen LogP contribution in [-0.4, -0.2) is 44.8 Å². The second-order valence-electron chi connectivity index (χ2n) is 8.80. The summed E-state index contributed by atoms with van der Waals surface area (Å²) in [5.41, 5.74) is 4.49. The monoisotopic (exact) mass is 515 g/mol. The van der Waals surface area contributed by atoms with Crippen molar-refractivity contribution in [3.05, 3.63) is 64.3 Å². The third-order valence-corrected chi connectivity index (χ3v) is 7.16. The number of piperidine rings is 1. The van der Waals surface area contributed by atoms with Crippen LogP contribution in [0.15, 0.2) is 42.6 Å². The number of benzene rings is 2. The molecule has 186 valence electrons. The Bertz CT molecular complexity index is 1310. The fourth-order valence-corrected chi connectivity index (χ4v) is 5.31. The predicted octanol–water partition coefficient (Wildman–Crippen LogP) is 4.95. The van der Waals surface area contributed by atoms with Crippen molar-refractivity contribution in [3.8, 4) is 5.75 Å². The third kappa shape index (κ3) is 6.42. The molecule has 0 amide bonds. The molecule has 10 heteroatoms. The van der Waals surface area contributed by atoms with Gasteiger partial charge in [-0.15, -0.1) is 0 Å². The molecular weight excluding hydrogens is 486 g/mol. The summed E-state index contributed by atoms with van der Waals surface area (Å²) in [5, 5.41) is 10.1. The second kappa shape index (κ2) is 10.8. The molecule has 8 nitrogen and oxygen atoms in total. The van der Waals surface area contributed by atoms with E-state index in [0.717, 1.165) is 37.4 Å². The molecule has 0 aliphatic carbocycles. The van der Waals surface area contributed by atoms with Gasteiger partial charge in [0.25, 0.3) is 0 Å². The van der Waals surface area contributed by atoms with Gasteiger partial charge in [0.15, 0.2) is 15.7 Å². The highest BCUT2D eigenvalue weighted by molar-refractivity contribution is 7.89. The van der Waals surface area contributed by atoms with Gasteiger partial charge in [0.2, 0.25) is 5.95 Å². The van der Waals surface area contributed by atoms with E-state index in [0.29, 0.717) is 34.0 Å². The van der Waals surface area contributed by atoms with Crippen LogP contribution in [0.2, 0.25) is 5.02 Å². The maximum atomic E-state index is 11.8. The van der Waals surface area contributed by atoms with Crippen molar-refractivity contribution in [1.82, 2.24) is 15.3 Å². The number of halogens is 1. The van der Waals surface area contributed by atoms with Gasteiger partial charge in [0.05, 0.1) is 24.7 Å². The van der Waals surface area contributed by atoms with E-state index < -0.39 is 9.84 Å². The molecule has 3 aromatic rings. The molecule has 1 saturated heterocycles. The molecule has 0 atom stereocenters. The average molecular weight is 516 g/mol. The fourth-order valence-electron chi connectivity index (χ4n) is 4.36. The smallest absolute Gasteiger partial charge is 0.229 e. The van der Waals surface area contributed by atoms with Crippen LogP contribution in [-0.2, 0) is 15.6 Å². The topological polar surface area (TPSA) is 105 Å². The van der Waals surface area contributed by atoms with E-state index in [1.54, 1.807) is 25.3 Å². The van der Waals surface area contributed by atoms with Gasteiger partial charge in [-0.2, -0.15) is 4.98 Å². The largest absolute Gasteiger partial charge is 0.495 e. The number of methoxy groups -OCH3 is 1. The number of ether oxygens (including phenoxy) is 1. The summed E-state index contributed by atoms with van der Waals surface area (Å²) in [6.45, 7) is 4.15. The van der Waals surface area contributed by atoms with Crippen molar-refractivity contribution < 1.29 is 13.2 Å². The van der Waals surface area contributed by atoms with Crippen LogP contribution in [0, 0.1) is 6.92 Å². The van der Waals surface area contributed by atoms with Crippen LogP contribution in [0.3, 0.4) is 0 Å². The number of hydrogen-bond donors (Lipinski definition) is 3. The molecule has 4 rings (SSSR count). The molecule has 2 aromatic carbocycles. The van der Waals surface area contributed by atoms with E-state index in [9.17, 15) is 8.42 Å². The van der Waals surface area contributed by atoms with Gasteiger partial charge < -0.3 is 20.7 Å². The standard InChI is InChI=1S/C25H30ClN5O3S/c1-16-12-22(23(34-2)13-19(16)17-8-10-27-11-9-17)30-25-28-14-20(26)24(31-25)29-21-7-5-4-6-18(21)15-35(3,32)33/h4-7,12-14,17,27H,8-11,15H2,1-3H3,(H2,28,29,30,31). The average Bonchev–Trinajstić information content (AvgIpc) is 2.82. The summed E-state index contributed by atoms with van der Waals surface area (Å²) in [7, 11) is -1.56. The van der Waals surface area contributed by atoms with Gasteiger partial charge in [-0.25, -0.2) is 13.4 Å². The van der Waals surface area contributed by atoms with Gasteiger partial charge >= 0.3 is 0 Å². The van der Waals surface area contributed by atoms with Gasteiger partial charge in [0.1, 0.15) is 10.8 Å². The zero-order chi connectivity index (χ0) is 25.0. The Morgan fingerprint density at radius 1 is 1.14 bits per heavy atom. The van der Waals surface area contributed by atoms with Crippen molar-refractivity contribution in [2.75, 3.05) is 37.1 Å². The Morgan fingerprint density at radius 2 is 1.89 bits per heavy atom. The Hall–Kier alpha value is -2.88. The highest BCUT2D eigenvalue weighted by atomic mass is 35.5. The number of anilines is 4. The molecule has 1 aliphatic rings. The van der Waals surface area contributed by atoms with Crippen LogP contribution >= 0.6 is 11.6 Å². The van der Waals surface area contributed by atoms with Gasteiger partial charge in [0, 0.05) is 11.9 Å². The Balaban J connectivity index is 1.60. The van der Waals surface area contributed by atoms with E-state index in [1.807, 2.05) is 6.07 Å². The van der Waals surface area contributed by atoms with Crippen LogP contribution in [0.4, 0.5) is 23.1 Å². The Kier molecular flexibility index (Phi) is 7.78. The number of sulfone groups is 1. The first-order valence-corrected chi connectivity index (χ1v) is 13.9. The lowest BCUT2D eigenvalue weighted by Crippen LogP contribution is -2.27. The van der Waals surface area contributed by atoms with Crippen molar-refractivity contribution >= 4 is 44.6 Å². The highest BCUT2D eigenvalue weighted by Gasteiger charge is 2.20. The molecule has 2 heterocycles. The number of rotatable bonds is 8. The molecule has 0 bridgehead atoms. The minimum absolute atomic E-state index is 0.0934. The lowest BCUT2D eigenvalue weighted by molar-refractivity contribution is 0.413. The first kappa shape index (κ1) is 25.2. The second-order valence-corrected chi connectivity index (χ2v) is 11.3. The highest BCUT2D eigenvalue weighted by Crippen LogP contribution is 2.37. The number of nitrogens with zero attached hydrogens (tertiary/aromatic N) is 2. The molecule has 35 heavy (non-hydrogen) atoms. The van der Waals surface area contributed by atoms with Crippen LogP contribution in [0.25, 0.3) is 0 Å². The first-order valence-electron chi connectivity index (χ1n) is 11.4. The maximum Gasteiger partial charge on any atom is 0.229 e. The van der Waals surface area contributed by atoms with Gasteiger partial charge in [-0.05, 0) is 73.7 Å². The number of nitrogens with one attached hydrogen (secondary N) is 3. The lowest BCUT2D eigenvalue weighted by atomic mass is 9.87. The van der Waals surface area contributed by atoms with Crippen molar-refractivity contribution in [2.24, 2.45) is 0 Å². The van der Waals surface area contributed by atoms with E-state index >= 15 is 0 Å². The Morgan fingerprint density at radius 3 is 2.60 bits per heavy atom. The molecule has 3 N–H and O–H groups in total. The summed E-state index contributed by atoms with van der Waals surface area (Å²) < 4.78 is 29.4. The molecule has 1 aliphatic heterocycles. The van der Waals surface area contributed by atoms with Crippen LogP contribution in [0.5, 0.6) is 5.75 Å². The van der Waals surface area contributed by atoms with E-state index in [-0.39, 0.29) is 5.75 Å². The first-order chi connectivity index (χ1) is 16.7. The Labute approximate surface area is 211 Å². The third-order valence-electron chi connectivity index (χ3n) is 6.05. The van der Waals surface area contributed by atoms with Crippen molar-refractivity contribution in [1.29, 1.82) is 0 Å². The predicted molar refractivity (Wildman–Crippen MR) is 141 cm³/mol. The molecule has 0 saturated carbocycles. The molecule has 0 radical (unpaired) electrons. The minimum atomic E-state index is -3.21. The number of hydrogen-bond acceptors (Lipinski definition) is 8.